The van der Waals surface area contributed by atoms with Crippen molar-refractivity contribution < 1.29 is 19.2 Å². The summed E-state index contributed by atoms with van der Waals surface area (Å²) in [6.45, 7) is 3.32. The van der Waals surface area contributed by atoms with Crippen LogP contribution in [0.1, 0.15) is 17.2 Å². The number of anilines is 2. The number of carbonyl (C=O) groups is 2. The molecular formula is C23H28N5O3+. The molecule has 8 heteroatoms. The molecule has 3 rings (SSSR count). The highest BCUT2D eigenvalue weighted by atomic mass is 16.5. The Balaban J connectivity index is 1.68. The highest BCUT2D eigenvalue weighted by molar-refractivity contribution is 6.39. The Bertz CT molecular complexity index is 946. The van der Waals surface area contributed by atoms with Crippen molar-refractivity contribution in [3.63, 3.8) is 0 Å². The van der Waals surface area contributed by atoms with Crippen molar-refractivity contribution in [2.24, 2.45) is 0 Å². The van der Waals surface area contributed by atoms with Crippen molar-refractivity contribution in [1.82, 2.24) is 5.32 Å². The zero-order valence-corrected chi connectivity index (χ0v) is 17.9. The number of rotatable bonds is 6. The monoisotopic (exact) mass is 422 g/mol. The summed E-state index contributed by atoms with van der Waals surface area (Å²) < 4.78 is 5.48. The Morgan fingerprint density at radius 1 is 1.10 bits per heavy atom. The molecule has 1 atom stereocenters. The molecule has 0 aromatic heterocycles. The number of hydrogen-bond donors (Lipinski definition) is 3. The molecule has 8 nitrogen and oxygen atoms in total. The van der Waals surface area contributed by atoms with E-state index < -0.39 is 11.8 Å². The Morgan fingerprint density at radius 3 is 2.42 bits per heavy atom. The molecule has 1 aliphatic rings. The Labute approximate surface area is 182 Å². The highest BCUT2D eigenvalue weighted by Gasteiger charge is 2.28. The minimum atomic E-state index is -0.790. The van der Waals surface area contributed by atoms with E-state index in [1.807, 2.05) is 25.1 Å². The largest absolute Gasteiger partial charge is 0.378 e. The second-order valence-electron chi connectivity index (χ2n) is 7.63. The molecule has 0 saturated carbocycles. The van der Waals surface area contributed by atoms with Gasteiger partial charge in [-0.3, -0.25) is 9.59 Å². The zero-order chi connectivity index (χ0) is 22.2. The first kappa shape index (κ1) is 22.3. The normalized spacial score (nSPS) is 14.9. The summed E-state index contributed by atoms with van der Waals surface area (Å²) in [4.78, 5) is 28.2. The lowest BCUT2D eigenvalue weighted by Gasteiger charge is -2.32. The number of morpholine rings is 1. The first-order chi connectivity index (χ1) is 15.0. The maximum Gasteiger partial charge on any atom is 0.313 e. The van der Waals surface area contributed by atoms with Gasteiger partial charge in [0, 0.05) is 25.3 Å². The molecule has 1 aliphatic heterocycles. The first-order valence-electron chi connectivity index (χ1n) is 10.3. The Morgan fingerprint density at radius 2 is 1.77 bits per heavy atom. The summed E-state index contributed by atoms with van der Waals surface area (Å²) in [7, 11) is 3.98. The quantitative estimate of drug-likeness (QED) is 0.583. The third-order valence-corrected chi connectivity index (χ3v) is 5.41. The SMILES string of the molecule is CN(C)c1ccc([C@@H](CNC(=O)C(=O)Nc2ccccc2C#N)[NH+]2CCOCC2)cc1. The van der Waals surface area contributed by atoms with Gasteiger partial charge in [-0.1, -0.05) is 24.3 Å². The van der Waals surface area contributed by atoms with Crippen LogP contribution in [0, 0.1) is 11.3 Å². The smallest absolute Gasteiger partial charge is 0.313 e. The Kier molecular flexibility index (Phi) is 7.60. The van der Waals surface area contributed by atoms with E-state index >= 15 is 0 Å². The maximum absolute atomic E-state index is 12.5. The van der Waals surface area contributed by atoms with Gasteiger partial charge in [0.25, 0.3) is 0 Å². The van der Waals surface area contributed by atoms with Gasteiger partial charge in [0.05, 0.1) is 31.0 Å². The molecule has 2 amide bonds. The van der Waals surface area contributed by atoms with Gasteiger partial charge in [-0.05, 0) is 24.3 Å². The molecule has 0 radical (unpaired) electrons. The molecular weight excluding hydrogens is 394 g/mol. The van der Waals surface area contributed by atoms with Crippen LogP contribution in [0.4, 0.5) is 11.4 Å². The van der Waals surface area contributed by atoms with E-state index in [4.69, 9.17) is 10.00 Å². The molecule has 1 heterocycles. The summed E-state index contributed by atoms with van der Waals surface area (Å²) in [6.07, 6.45) is 0. The molecule has 2 aromatic carbocycles. The van der Waals surface area contributed by atoms with E-state index in [0.29, 0.717) is 31.0 Å². The zero-order valence-electron chi connectivity index (χ0n) is 17.9. The van der Waals surface area contributed by atoms with Crippen LogP contribution in [0.25, 0.3) is 0 Å². The number of hydrogen-bond acceptors (Lipinski definition) is 5. The average molecular weight is 423 g/mol. The molecule has 1 fully saturated rings. The van der Waals surface area contributed by atoms with E-state index in [0.717, 1.165) is 24.3 Å². The molecule has 2 aromatic rings. The second kappa shape index (κ2) is 10.6. The number of ether oxygens (including phenoxy) is 1. The molecule has 162 valence electrons. The maximum atomic E-state index is 12.5. The third-order valence-electron chi connectivity index (χ3n) is 5.41. The number of benzene rings is 2. The van der Waals surface area contributed by atoms with Crippen molar-refractivity contribution in [3.05, 3.63) is 59.7 Å². The predicted molar refractivity (Wildman–Crippen MR) is 118 cm³/mol. The van der Waals surface area contributed by atoms with Gasteiger partial charge in [-0.2, -0.15) is 5.26 Å². The highest BCUT2D eigenvalue weighted by Crippen LogP contribution is 2.17. The van der Waals surface area contributed by atoms with E-state index in [-0.39, 0.29) is 6.04 Å². The van der Waals surface area contributed by atoms with Crippen LogP contribution in [0.5, 0.6) is 0 Å². The minimum Gasteiger partial charge on any atom is -0.378 e. The van der Waals surface area contributed by atoms with Gasteiger partial charge in [0.2, 0.25) is 0 Å². The first-order valence-corrected chi connectivity index (χ1v) is 10.3. The van der Waals surface area contributed by atoms with Crippen molar-refractivity contribution in [2.75, 3.05) is 57.2 Å². The van der Waals surface area contributed by atoms with E-state index in [1.165, 1.54) is 4.90 Å². The number of quaternary nitrogens is 1. The van der Waals surface area contributed by atoms with Crippen LogP contribution < -0.4 is 20.4 Å². The topological polar surface area (TPSA) is 98.9 Å². The molecule has 1 saturated heterocycles. The Hall–Kier alpha value is -3.41. The molecule has 0 aliphatic carbocycles. The number of nitriles is 1. The molecule has 0 spiro atoms. The van der Waals surface area contributed by atoms with Gasteiger partial charge in [0.15, 0.2) is 0 Å². The van der Waals surface area contributed by atoms with Gasteiger partial charge >= 0.3 is 11.8 Å². The lowest BCUT2D eigenvalue weighted by atomic mass is 10.0. The van der Waals surface area contributed by atoms with E-state index in [1.54, 1.807) is 24.3 Å². The van der Waals surface area contributed by atoms with Crippen LogP contribution in [0.2, 0.25) is 0 Å². The van der Waals surface area contributed by atoms with E-state index in [9.17, 15) is 9.59 Å². The molecule has 3 N–H and O–H groups in total. The number of amides is 2. The second-order valence-corrected chi connectivity index (χ2v) is 7.63. The van der Waals surface area contributed by atoms with Crippen molar-refractivity contribution in [3.8, 4) is 6.07 Å². The fourth-order valence-corrected chi connectivity index (χ4v) is 3.63. The van der Waals surface area contributed by atoms with Crippen LogP contribution in [-0.4, -0.2) is 58.8 Å². The van der Waals surface area contributed by atoms with E-state index in [2.05, 4.69) is 34.9 Å². The number of carbonyl (C=O) groups excluding carboxylic acids is 2. The lowest BCUT2D eigenvalue weighted by Crippen LogP contribution is -3.15. The summed E-state index contributed by atoms with van der Waals surface area (Å²) in [5, 5.41) is 14.4. The summed E-state index contributed by atoms with van der Waals surface area (Å²) in [5.41, 5.74) is 2.82. The number of para-hydroxylation sites is 1. The number of nitrogens with one attached hydrogen (secondary N) is 3. The van der Waals surface area contributed by atoms with Crippen LogP contribution in [-0.2, 0) is 14.3 Å². The minimum absolute atomic E-state index is 0.00302. The molecule has 31 heavy (non-hydrogen) atoms. The van der Waals surface area contributed by atoms with Crippen LogP contribution >= 0.6 is 0 Å². The lowest BCUT2D eigenvalue weighted by molar-refractivity contribution is -0.937. The summed E-state index contributed by atoms with van der Waals surface area (Å²) in [6, 6.07) is 16.8. The summed E-state index contributed by atoms with van der Waals surface area (Å²) >= 11 is 0. The van der Waals surface area contributed by atoms with Crippen LogP contribution in [0.15, 0.2) is 48.5 Å². The van der Waals surface area contributed by atoms with Crippen molar-refractivity contribution in [2.45, 2.75) is 6.04 Å². The summed E-state index contributed by atoms with van der Waals surface area (Å²) in [5.74, 6) is -1.52. The van der Waals surface area contributed by atoms with Gasteiger partial charge in [-0.15, -0.1) is 0 Å². The third kappa shape index (κ3) is 5.81. The molecule has 0 bridgehead atoms. The number of nitrogens with zero attached hydrogens (tertiary/aromatic N) is 2. The van der Waals surface area contributed by atoms with Crippen molar-refractivity contribution in [1.29, 1.82) is 5.26 Å². The van der Waals surface area contributed by atoms with Gasteiger partial charge < -0.3 is 25.2 Å². The predicted octanol–water partition coefficient (Wildman–Crippen LogP) is 0.335. The van der Waals surface area contributed by atoms with Crippen LogP contribution in [0.3, 0.4) is 0 Å². The van der Waals surface area contributed by atoms with Crippen molar-refractivity contribution >= 4 is 23.2 Å². The van der Waals surface area contributed by atoms with Gasteiger partial charge in [0.1, 0.15) is 25.2 Å². The van der Waals surface area contributed by atoms with Gasteiger partial charge in [-0.25, -0.2) is 0 Å². The average Bonchev–Trinajstić information content (AvgIpc) is 2.80. The molecule has 0 unspecified atom stereocenters. The standard InChI is InChI=1S/C23H27N5O3/c1-27(2)19-9-7-17(8-10-19)21(28-11-13-31-14-12-28)16-25-22(29)23(30)26-20-6-4-3-5-18(20)15-24/h3-10,21H,11-14,16H2,1-2H3,(H,25,29)(H,26,30)/p+1/t21-/m1/s1. The fourth-order valence-electron chi connectivity index (χ4n) is 3.63. The fraction of sp³-hybridized carbons (Fsp3) is 0.348.